The molecule has 1 aromatic heterocycles. The Morgan fingerprint density at radius 2 is 1.92 bits per heavy atom. The van der Waals surface area contributed by atoms with E-state index in [1.165, 1.54) is 13.1 Å². The Morgan fingerprint density at radius 3 is 2.61 bits per heavy atom. The maximum atomic E-state index is 13.1. The van der Waals surface area contributed by atoms with Crippen LogP contribution in [0.3, 0.4) is 0 Å². The molecule has 0 radical (unpaired) electrons. The minimum absolute atomic E-state index is 0.140. The lowest BCUT2D eigenvalue weighted by atomic mass is 10.1. The van der Waals surface area contributed by atoms with Crippen molar-refractivity contribution in [1.29, 1.82) is 0 Å². The third-order valence-electron chi connectivity index (χ3n) is 5.39. The van der Waals surface area contributed by atoms with Gasteiger partial charge in [0.05, 0.1) is 11.9 Å². The number of aromatic nitrogens is 2. The van der Waals surface area contributed by atoms with E-state index in [4.69, 9.17) is 16.3 Å². The first-order valence-electron chi connectivity index (χ1n) is 11.6. The van der Waals surface area contributed by atoms with Crippen LogP contribution in [-0.2, 0) is 22.6 Å². The summed E-state index contributed by atoms with van der Waals surface area (Å²) in [5, 5.41) is 6.23. The molecule has 2 amide bonds. The number of anilines is 1. The molecule has 1 atom stereocenters. The second-order valence-corrected chi connectivity index (χ2v) is 8.64. The number of hydrogen-bond donors (Lipinski definition) is 3. The van der Waals surface area contributed by atoms with Crippen molar-refractivity contribution in [2.45, 2.75) is 46.3 Å². The summed E-state index contributed by atoms with van der Waals surface area (Å²) in [5.41, 5.74) is 4.41. The lowest BCUT2D eigenvalue weighted by molar-refractivity contribution is -0.124. The summed E-state index contributed by atoms with van der Waals surface area (Å²) in [5.74, 6) is -0.144. The summed E-state index contributed by atoms with van der Waals surface area (Å²) in [6, 6.07) is 14.8. The lowest BCUT2D eigenvalue weighted by Gasteiger charge is -2.21. The number of amides is 2. The summed E-state index contributed by atoms with van der Waals surface area (Å²) in [4.78, 5) is 41.6. The number of carbonyl (C=O) groups is 2. The molecule has 0 fully saturated rings. The van der Waals surface area contributed by atoms with Gasteiger partial charge in [-0.15, -0.1) is 0 Å². The molecule has 3 N–H and O–H groups in total. The topological polar surface area (TPSA) is 114 Å². The van der Waals surface area contributed by atoms with Crippen molar-refractivity contribution < 1.29 is 14.3 Å². The van der Waals surface area contributed by atoms with Crippen LogP contribution < -0.4 is 26.4 Å². The van der Waals surface area contributed by atoms with Gasteiger partial charge in [-0.05, 0) is 43.5 Å². The fourth-order valence-electron chi connectivity index (χ4n) is 3.45. The van der Waals surface area contributed by atoms with E-state index in [2.05, 4.69) is 21.0 Å². The summed E-state index contributed by atoms with van der Waals surface area (Å²) in [7, 11) is 0. The molecule has 1 unspecified atom stereocenters. The van der Waals surface area contributed by atoms with Gasteiger partial charge in [0.25, 0.3) is 5.91 Å². The molecular formula is C26H30ClN5O4. The average molecular weight is 512 g/mol. The van der Waals surface area contributed by atoms with Crippen LogP contribution in [0.2, 0.25) is 5.02 Å². The molecule has 190 valence electrons. The predicted molar refractivity (Wildman–Crippen MR) is 140 cm³/mol. The lowest BCUT2D eigenvalue weighted by Crippen LogP contribution is -2.42. The van der Waals surface area contributed by atoms with Crippen LogP contribution in [0.5, 0.6) is 5.75 Å². The Morgan fingerprint density at radius 1 is 1.17 bits per heavy atom. The number of benzene rings is 2. The molecule has 9 nitrogen and oxygen atoms in total. The number of halogens is 1. The van der Waals surface area contributed by atoms with E-state index < -0.39 is 17.6 Å². The van der Waals surface area contributed by atoms with E-state index >= 15 is 0 Å². The Balaban J connectivity index is 1.71. The number of rotatable bonds is 11. The molecule has 1 heterocycles. The molecule has 0 spiro atoms. The van der Waals surface area contributed by atoms with E-state index in [9.17, 15) is 14.4 Å². The summed E-state index contributed by atoms with van der Waals surface area (Å²) in [6.45, 7) is 5.59. The van der Waals surface area contributed by atoms with Crippen molar-refractivity contribution in [1.82, 2.24) is 15.0 Å². The molecular weight excluding hydrogens is 482 g/mol. The van der Waals surface area contributed by atoms with Gasteiger partial charge in [-0.1, -0.05) is 48.9 Å². The van der Waals surface area contributed by atoms with Crippen LogP contribution in [0.4, 0.5) is 5.82 Å². The van der Waals surface area contributed by atoms with Gasteiger partial charge in [-0.2, -0.15) is 0 Å². The highest BCUT2D eigenvalue weighted by atomic mass is 35.5. The van der Waals surface area contributed by atoms with Crippen molar-refractivity contribution in [3.8, 4) is 5.75 Å². The molecule has 0 bridgehead atoms. The summed E-state index contributed by atoms with van der Waals surface area (Å²) >= 11 is 6.10. The van der Waals surface area contributed by atoms with Crippen molar-refractivity contribution in [2.24, 2.45) is 0 Å². The van der Waals surface area contributed by atoms with Gasteiger partial charge >= 0.3 is 5.56 Å². The van der Waals surface area contributed by atoms with Gasteiger partial charge in [-0.25, -0.2) is 9.66 Å². The number of ether oxygens (including phenoxy) is 1. The second kappa shape index (κ2) is 12.7. The molecule has 2 aromatic carbocycles. The van der Waals surface area contributed by atoms with Gasteiger partial charge in [0.2, 0.25) is 5.91 Å². The normalized spacial score (nSPS) is 11.4. The number of carbonyl (C=O) groups excluding carboxylic acids is 2. The summed E-state index contributed by atoms with van der Waals surface area (Å²) in [6.07, 6.45) is 1.68. The van der Waals surface area contributed by atoms with Gasteiger partial charge in [-0.3, -0.25) is 19.8 Å². The van der Waals surface area contributed by atoms with E-state index in [1.807, 2.05) is 30.3 Å². The Kier molecular flexibility index (Phi) is 9.46. The van der Waals surface area contributed by atoms with Crippen LogP contribution in [-0.4, -0.2) is 34.1 Å². The Hall–Kier alpha value is -3.85. The maximum Gasteiger partial charge on any atom is 0.312 e. The largest absolute Gasteiger partial charge is 0.480 e. The zero-order valence-electron chi connectivity index (χ0n) is 20.5. The van der Waals surface area contributed by atoms with Gasteiger partial charge < -0.3 is 15.4 Å². The minimum Gasteiger partial charge on any atom is -0.480 e. The predicted octanol–water partition coefficient (Wildman–Crippen LogP) is 3.42. The highest BCUT2D eigenvalue weighted by Crippen LogP contribution is 2.24. The number of aryl methyl sites for hydroxylation is 1. The molecule has 3 rings (SSSR count). The molecule has 0 aliphatic carbocycles. The highest BCUT2D eigenvalue weighted by Gasteiger charge is 2.22. The molecule has 0 aliphatic rings. The van der Waals surface area contributed by atoms with Crippen LogP contribution in [0.25, 0.3) is 0 Å². The molecule has 0 saturated carbocycles. The van der Waals surface area contributed by atoms with Gasteiger partial charge in [0.1, 0.15) is 5.75 Å². The van der Waals surface area contributed by atoms with Crippen molar-refractivity contribution in [3.05, 3.63) is 86.9 Å². The zero-order chi connectivity index (χ0) is 26.1. The molecule has 0 aliphatic heterocycles. The van der Waals surface area contributed by atoms with Crippen molar-refractivity contribution in [3.63, 3.8) is 0 Å². The quantitative estimate of drug-likeness (QED) is 0.363. The van der Waals surface area contributed by atoms with Crippen molar-refractivity contribution in [2.75, 3.05) is 17.3 Å². The first kappa shape index (κ1) is 26.7. The third kappa shape index (κ3) is 7.32. The van der Waals surface area contributed by atoms with E-state index in [1.54, 1.807) is 32.0 Å². The number of nitrogens with zero attached hydrogens (tertiary/aromatic N) is 2. The monoisotopic (exact) mass is 511 g/mol. The standard InChI is InChI=1S/C26H30ClN5O4/c1-4-22(36-23-11-10-21(27)14-20(23)16-29-18(3)33)25(34)31-32-17(2)15-30-24(26(32)35)28-13-12-19-8-6-5-7-9-19/h5-11,14-15,22H,4,12-13,16H2,1-3H3,(H,28,30)(H,29,33)(H,31,34). The summed E-state index contributed by atoms with van der Waals surface area (Å²) < 4.78 is 7.13. The number of nitrogens with one attached hydrogen (secondary N) is 3. The first-order valence-corrected chi connectivity index (χ1v) is 12.0. The van der Waals surface area contributed by atoms with E-state index in [0.717, 1.165) is 16.7 Å². The Bertz CT molecular complexity index is 1260. The fraction of sp³-hybridized carbons (Fsp3) is 0.308. The van der Waals surface area contributed by atoms with Crippen LogP contribution in [0.15, 0.2) is 59.5 Å². The third-order valence-corrected chi connectivity index (χ3v) is 5.63. The smallest absolute Gasteiger partial charge is 0.312 e. The van der Waals surface area contributed by atoms with Crippen LogP contribution >= 0.6 is 11.6 Å². The molecule has 0 saturated heterocycles. The SMILES string of the molecule is CCC(Oc1ccc(Cl)cc1CNC(C)=O)C(=O)Nn1c(C)cnc(NCCc2ccccc2)c1=O. The molecule has 10 heteroatoms. The van der Waals surface area contributed by atoms with Crippen LogP contribution in [0.1, 0.15) is 37.1 Å². The first-order chi connectivity index (χ1) is 17.3. The second-order valence-electron chi connectivity index (χ2n) is 8.20. The molecule has 3 aromatic rings. The van der Waals surface area contributed by atoms with E-state index in [0.29, 0.717) is 35.0 Å². The zero-order valence-corrected chi connectivity index (χ0v) is 21.3. The fourth-order valence-corrected chi connectivity index (χ4v) is 3.64. The van der Waals surface area contributed by atoms with Gasteiger partial charge in [0.15, 0.2) is 11.9 Å². The maximum absolute atomic E-state index is 13.1. The van der Waals surface area contributed by atoms with Crippen molar-refractivity contribution >= 4 is 29.2 Å². The number of hydrogen-bond acceptors (Lipinski definition) is 6. The Labute approximate surface area is 214 Å². The molecule has 36 heavy (non-hydrogen) atoms. The van der Waals surface area contributed by atoms with E-state index in [-0.39, 0.29) is 18.3 Å². The average Bonchev–Trinajstić information content (AvgIpc) is 2.86. The van der Waals surface area contributed by atoms with Crippen LogP contribution in [0, 0.1) is 6.92 Å². The highest BCUT2D eigenvalue weighted by molar-refractivity contribution is 6.30. The van der Waals surface area contributed by atoms with Gasteiger partial charge in [0, 0.05) is 30.6 Å². The minimum atomic E-state index is -0.892.